The topological polar surface area (TPSA) is 144 Å². The molecule has 0 bridgehead atoms. The lowest BCUT2D eigenvalue weighted by Crippen LogP contribution is -2.42. The van der Waals surface area contributed by atoms with E-state index in [1.54, 1.807) is 24.3 Å². The van der Waals surface area contributed by atoms with Crippen LogP contribution in [0.3, 0.4) is 0 Å². The second-order valence-corrected chi connectivity index (χ2v) is 10.1. The van der Waals surface area contributed by atoms with E-state index in [9.17, 15) is 18.0 Å². The van der Waals surface area contributed by atoms with Crippen LogP contribution in [0.4, 0.5) is 11.4 Å². The number of aromatic nitrogens is 3. The van der Waals surface area contributed by atoms with Gasteiger partial charge in [-0.3, -0.25) is 19.2 Å². The van der Waals surface area contributed by atoms with E-state index in [4.69, 9.17) is 9.84 Å². The lowest BCUT2D eigenvalue weighted by atomic mass is 10.2. The second-order valence-electron chi connectivity index (χ2n) is 8.38. The van der Waals surface area contributed by atoms with Crippen molar-refractivity contribution >= 4 is 33.3 Å². The molecule has 2 N–H and O–H groups in total. The van der Waals surface area contributed by atoms with Gasteiger partial charge in [0, 0.05) is 24.2 Å². The van der Waals surface area contributed by atoms with Gasteiger partial charge in [0.1, 0.15) is 18.1 Å². The number of carbonyl (C=O) groups is 2. The van der Waals surface area contributed by atoms with E-state index in [1.807, 2.05) is 0 Å². The van der Waals surface area contributed by atoms with E-state index in [0.717, 1.165) is 54.3 Å². The van der Waals surface area contributed by atoms with Gasteiger partial charge in [-0.2, -0.15) is 0 Å². The maximum absolute atomic E-state index is 13.0. The van der Waals surface area contributed by atoms with Crippen molar-refractivity contribution in [2.75, 3.05) is 22.8 Å². The zero-order valence-electron chi connectivity index (χ0n) is 18.7. The Hall–Kier alpha value is -3.93. The second kappa shape index (κ2) is 9.02. The van der Waals surface area contributed by atoms with Gasteiger partial charge in [0.25, 0.3) is 15.9 Å². The number of carboxylic acid groups (broad SMARTS) is 1. The molecule has 1 amide bonds. The number of ether oxygens (including phenoxy) is 1. The van der Waals surface area contributed by atoms with Crippen molar-refractivity contribution < 1.29 is 27.9 Å². The summed E-state index contributed by atoms with van der Waals surface area (Å²) in [6.07, 6.45) is 4.21. The molecule has 0 radical (unpaired) electrons. The van der Waals surface area contributed by atoms with E-state index < -0.39 is 28.4 Å². The number of benzene rings is 2. The lowest BCUT2D eigenvalue weighted by Gasteiger charge is -2.28. The molecule has 2 aliphatic rings. The number of sulfonamides is 1. The van der Waals surface area contributed by atoms with Gasteiger partial charge < -0.3 is 14.4 Å². The standard InChI is InChI=1S/C23H23N5O6S/c29-21-14-34-19-10-9-17(12-18(19)28(21)13-22(30)31)35(32,33)26-16-7-5-15(6-8-16)23-25-24-20-4-2-1-3-11-27(20)23/h5-10,12,26H,1-4,11,13-14H2,(H,30,31). The summed E-state index contributed by atoms with van der Waals surface area (Å²) in [6, 6.07) is 10.8. The third kappa shape index (κ3) is 4.56. The SMILES string of the molecule is O=C(O)CN1C(=O)COc2ccc(S(=O)(=O)Nc3ccc(-c4nnc5n4CCCCC5)cc3)cc21. The number of aliphatic carboxylic acids is 1. The summed E-state index contributed by atoms with van der Waals surface area (Å²) < 4.78 is 36.0. The first kappa shape index (κ1) is 22.8. The summed E-state index contributed by atoms with van der Waals surface area (Å²) in [5, 5.41) is 17.8. The molecular weight excluding hydrogens is 474 g/mol. The van der Waals surface area contributed by atoms with Crippen LogP contribution in [0.2, 0.25) is 0 Å². The summed E-state index contributed by atoms with van der Waals surface area (Å²) in [5.74, 6) is 0.177. The van der Waals surface area contributed by atoms with E-state index in [2.05, 4.69) is 19.5 Å². The van der Waals surface area contributed by atoms with Gasteiger partial charge in [-0.1, -0.05) is 6.42 Å². The quantitative estimate of drug-likeness (QED) is 0.528. The fourth-order valence-corrected chi connectivity index (χ4v) is 5.34. The Morgan fingerprint density at radius 3 is 2.66 bits per heavy atom. The number of hydrogen-bond acceptors (Lipinski definition) is 7. The first-order valence-electron chi connectivity index (χ1n) is 11.2. The van der Waals surface area contributed by atoms with Crippen LogP contribution in [0.1, 0.15) is 25.1 Å². The van der Waals surface area contributed by atoms with E-state index in [1.165, 1.54) is 18.2 Å². The third-order valence-electron chi connectivity index (χ3n) is 5.98. The van der Waals surface area contributed by atoms with Crippen LogP contribution in [0.25, 0.3) is 11.4 Å². The number of carbonyl (C=O) groups excluding carboxylic acids is 1. The van der Waals surface area contributed by atoms with Gasteiger partial charge in [0.2, 0.25) is 0 Å². The van der Waals surface area contributed by atoms with Gasteiger partial charge in [-0.05, 0) is 55.3 Å². The van der Waals surface area contributed by atoms with Crippen molar-refractivity contribution in [3.05, 3.63) is 48.3 Å². The van der Waals surface area contributed by atoms with Crippen LogP contribution < -0.4 is 14.4 Å². The molecule has 11 nitrogen and oxygen atoms in total. The fraction of sp³-hybridized carbons (Fsp3) is 0.304. The molecule has 3 heterocycles. The third-order valence-corrected chi connectivity index (χ3v) is 7.36. The molecular formula is C23H23N5O6S. The fourth-order valence-electron chi connectivity index (χ4n) is 4.26. The maximum Gasteiger partial charge on any atom is 0.323 e. The molecule has 35 heavy (non-hydrogen) atoms. The van der Waals surface area contributed by atoms with E-state index in [0.29, 0.717) is 5.69 Å². The van der Waals surface area contributed by atoms with Gasteiger partial charge in [0.15, 0.2) is 12.4 Å². The molecule has 0 atom stereocenters. The van der Waals surface area contributed by atoms with Gasteiger partial charge >= 0.3 is 5.97 Å². The minimum atomic E-state index is -4.03. The number of aryl methyl sites for hydroxylation is 1. The molecule has 0 aliphatic carbocycles. The first-order valence-corrected chi connectivity index (χ1v) is 12.6. The molecule has 12 heteroatoms. The maximum atomic E-state index is 13.0. The number of amides is 1. The van der Waals surface area contributed by atoms with Crippen molar-refractivity contribution in [3.8, 4) is 17.1 Å². The average molecular weight is 498 g/mol. The number of rotatable bonds is 6. The predicted molar refractivity (Wildman–Crippen MR) is 126 cm³/mol. The molecule has 0 unspecified atom stereocenters. The summed E-state index contributed by atoms with van der Waals surface area (Å²) in [5.41, 5.74) is 1.27. The normalized spacial score (nSPS) is 15.5. The Bertz CT molecular complexity index is 1400. The largest absolute Gasteiger partial charge is 0.482 e. The highest BCUT2D eigenvalue weighted by Crippen LogP contribution is 2.34. The van der Waals surface area contributed by atoms with Crippen LogP contribution in [0.5, 0.6) is 5.75 Å². The minimum Gasteiger partial charge on any atom is -0.482 e. The van der Waals surface area contributed by atoms with Gasteiger partial charge in [0.05, 0.1) is 10.6 Å². The number of anilines is 2. The number of nitrogens with zero attached hydrogens (tertiary/aromatic N) is 4. The summed E-state index contributed by atoms with van der Waals surface area (Å²) in [4.78, 5) is 24.2. The minimum absolute atomic E-state index is 0.0920. The highest BCUT2D eigenvalue weighted by molar-refractivity contribution is 7.92. The number of nitrogens with one attached hydrogen (secondary N) is 1. The zero-order valence-corrected chi connectivity index (χ0v) is 19.5. The Kier molecular flexibility index (Phi) is 5.89. The predicted octanol–water partition coefficient (Wildman–Crippen LogP) is 2.28. The van der Waals surface area contributed by atoms with Crippen LogP contribution in [0, 0.1) is 0 Å². The Balaban J connectivity index is 1.38. The Morgan fingerprint density at radius 1 is 1.09 bits per heavy atom. The zero-order chi connectivity index (χ0) is 24.6. The van der Waals surface area contributed by atoms with Crippen LogP contribution in [0.15, 0.2) is 47.4 Å². The molecule has 1 aromatic heterocycles. The molecule has 2 aromatic carbocycles. The van der Waals surface area contributed by atoms with Crippen molar-refractivity contribution in [1.82, 2.24) is 14.8 Å². The Morgan fingerprint density at radius 2 is 1.89 bits per heavy atom. The first-order chi connectivity index (χ1) is 16.8. The van der Waals surface area contributed by atoms with Gasteiger partial charge in [-0.25, -0.2) is 8.42 Å². The number of carboxylic acids is 1. The van der Waals surface area contributed by atoms with Crippen molar-refractivity contribution in [2.45, 2.75) is 37.1 Å². The molecule has 5 rings (SSSR count). The molecule has 0 spiro atoms. The molecule has 0 saturated heterocycles. The molecule has 0 fully saturated rings. The van der Waals surface area contributed by atoms with Crippen LogP contribution in [-0.2, 0) is 32.6 Å². The Labute approximate surface area is 201 Å². The summed E-state index contributed by atoms with van der Waals surface area (Å²) in [7, 11) is -4.03. The molecule has 2 aliphatic heterocycles. The van der Waals surface area contributed by atoms with Crippen molar-refractivity contribution in [2.24, 2.45) is 0 Å². The number of hydrogen-bond donors (Lipinski definition) is 2. The average Bonchev–Trinajstić information content (AvgIpc) is 3.08. The smallest absolute Gasteiger partial charge is 0.323 e. The summed E-state index contributed by atoms with van der Waals surface area (Å²) in [6.45, 7) is -0.0539. The van der Waals surface area contributed by atoms with Crippen molar-refractivity contribution in [1.29, 1.82) is 0 Å². The molecule has 3 aromatic rings. The van der Waals surface area contributed by atoms with E-state index >= 15 is 0 Å². The molecule has 0 saturated carbocycles. The van der Waals surface area contributed by atoms with Gasteiger partial charge in [-0.15, -0.1) is 10.2 Å². The lowest BCUT2D eigenvalue weighted by molar-refractivity contribution is -0.137. The van der Waals surface area contributed by atoms with Crippen molar-refractivity contribution in [3.63, 3.8) is 0 Å². The highest BCUT2D eigenvalue weighted by atomic mass is 32.2. The monoisotopic (exact) mass is 497 g/mol. The number of fused-ring (bicyclic) bond motifs is 2. The van der Waals surface area contributed by atoms with E-state index in [-0.39, 0.29) is 22.9 Å². The highest BCUT2D eigenvalue weighted by Gasteiger charge is 2.29. The van der Waals surface area contributed by atoms with Crippen LogP contribution >= 0.6 is 0 Å². The summed E-state index contributed by atoms with van der Waals surface area (Å²) >= 11 is 0. The molecule has 182 valence electrons. The van der Waals surface area contributed by atoms with Crippen LogP contribution in [-0.4, -0.2) is 53.3 Å².